The van der Waals surface area contributed by atoms with Crippen LogP contribution in [0.15, 0.2) is 85.1 Å². The minimum atomic E-state index is -0.792. The molecule has 0 amide bonds. The van der Waals surface area contributed by atoms with E-state index >= 15 is 0 Å². The van der Waals surface area contributed by atoms with Gasteiger partial charge in [0.2, 0.25) is 0 Å². The van der Waals surface area contributed by atoms with Crippen molar-refractivity contribution in [1.29, 1.82) is 0 Å². The van der Waals surface area contributed by atoms with Gasteiger partial charge in [0.1, 0.15) is 13.2 Å². The molecule has 0 aliphatic carbocycles. The molecule has 0 aromatic rings. The Morgan fingerprint density at radius 2 is 0.506 bits per heavy atom. The number of unbranched alkanes of at least 4 members (excludes halogenated alkanes) is 35. The summed E-state index contributed by atoms with van der Waals surface area (Å²) in [5.74, 6) is -0.911. The molecular formula is C71H124O6. The van der Waals surface area contributed by atoms with Crippen LogP contribution in [-0.4, -0.2) is 37.2 Å². The van der Waals surface area contributed by atoms with Crippen LogP contribution in [0.5, 0.6) is 0 Å². The maximum atomic E-state index is 12.9. The van der Waals surface area contributed by atoms with E-state index in [-0.39, 0.29) is 31.1 Å². The standard InChI is InChI=1S/C71H124O6/c1-4-7-10-13-16-19-21-23-25-27-29-31-33-35-37-38-40-42-44-46-48-50-52-55-58-61-64-70(73)76-67-68(66-75-69(72)63-60-57-54-18-15-12-9-6-3)77-71(74)65-62-59-56-53-51-49-47-45-43-41-39-36-34-32-30-28-26-24-22-20-17-14-11-8-5-2/h8,11,17,20,24,26,30,32,36,39,43,45,49,51,68H,4-7,9-10,12-16,18-19,21-23,25,27-29,31,33-35,37-38,40-42,44,46-48,50,52-67H2,1-3H3/b11-8-,20-17-,26-24-,32-30-,39-36-,45-43-,51-49-. The lowest BCUT2D eigenvalue weighted by atomic mass is 10.0. The van der Waals surface area contributed by atoms with Crippen LogP contribution in [0.1, 0.15) is 329 Å². The Morgan fingerprint density at radius 3 is 0.792 bits per heavy atom. The van der Waals surface area contributed by atoms with Gasteiger partial charge >= 0.3 is 17.9 Å². The van der Waals surface area contributed by atoms with Gasteiger partial charge in [0.25, 0.3) is 0 Å². The lowest BCUT2D eigenvalue weighted by Gasteiger charge is -2.18. The predicted molar refractivity (Wildman–Crippen MR) is 334 cm³/mol. The van der Waals surface area contributed by atoms with Crippen LogP contribution in [0.25, 0.3) is 0 Å². The van der Waals surface area contributed by atoms with Crippen LogP contribution >= 0.6 is 0 Å². The van der Waals surface area contributed by atoms with Crippen molar-refractivity contribution >= 4 is 17.9 Å². The second kappa shape index (κ2) is 65.1. The minimum Gasteiger partial charge on any atom is -0.462 e. The Hall–Kier alpha value is -3.41. The maximum absolute atomic E-state index is 12.9. The molecular weight excluding hydrogens is 949 g/mol. The Labute approximate surface area is 477 Å². The van der Waals surface area contributed by atoms with E-state index in [9.17, 15) is 14.4 Å². The largest absolute Gasteiger partial charge is 0.462 e. The number of hydrogen-bond acceptors (Lipinski definition) is 6. The van der Waals surface area contributed by atoms with Crippen LogP contribution in [0, 0.1) is 0 Å². The molecule has 6 nitrogen and oxygen atoms in total. The molecule has 0 aliphatic heterocycles. The van der Waals surface area contributed by atoms with Gasteiger partial charge in [0.05, 0.1) is 0 Å². The highest BCUT2D eigenvalue weighted by atomic mass is 16.6. The summed E-state index contributed by atoms with van der Waals surface area (Å²) >= 11 is 0. The zero-order valence-corrected chi connectivity index (χ0v) is 51.0. The van der Waals surface area contributed by atoms with Gasteiger partial charge in [-0.25, -0.2) is 0 Å². The van der Waals surface area contributed by atoms with Crippen molar-refractivity contribution in [2.24, 2.45) is 0 Å². The lowest BCUT2D eigenvalue weighted by Crippen LogP contribution is -2.30. The van der Waals surface area contributed by atoms with Crippen LogP contribution in [0.2, 0.25) is 0 Å². The highest BCUT2D eigenvalue weighted by Gasteiger charge is 2.19. The number of allylic oxidation sites excluding steroid dienone is 14. The molecule has 0 rings (SSSR count). The summed E-state index contributed by atoms with van der Waals surface area (Å²) in [4.78, 5) is 38.2. The van der Waals surface area contributed by atoms with Crippen molar-refractivity contribution in [3.05, 3.63) is 85.1 Å². The summed E-state index contributed by atoms with van der Waals surface area (Å²) in [5.41, 5.74) is 0. The Bertz CT molecular complexity index is 1470. The molecule has 0 fully saturated rings. The number of esters is 3. The van der Waals surface area contributed by atoms with Crippen LogP contribution in [0.4, 0.5) is 0 Å². The fraction of sp³-hybridized carbons (Fsp3) is 0.761. The average Bonchev–Trinajstić information content (AvgIpc) is 3.43. The molecule has 0 aliphatic rings. The fourth-order valence-corrected chi connectivity index (χ4v) is 9.48. The van der Waals surface area contributed by atoms with Crippen molar-refractivity contribution in [3.63, 3.8) is 0 Å². The van der Waals surface area contributed by atoms with Crippen LogP contribution in [0.3, 0.4) is 0 Å². The molecule has 0 saturated carbocycles. The summed E-state index contributed by atoms with van der Waals surface area (Å²) < 4.78 is 16.8. The summed E-state index contributed by atoms with van der Waals surface area (Å²) in [6.45, 7) is 6.51. The molecule has 77 heavy (non-hydrogen) atoms. The molecule has 0 saturated heterocycles. The van der Waals surface area contributed by atoms with Crippen LogP contribution in [-0.2, 0) is 28.6 Å². The van der Waals surface area contributed by atoms with E-state index in [0.29, 0.717) is 19.3 Å². The molecule has 0 heterocycles. The molecule has 0 radical (unpaired) electrons. The predicted octanol–water partition coefficient (Wildman–Crippen LogP) is 22.7. The van der Waals surface area contributed by atoms with E-state index in [4.69, 9.17) is 14.2 Å². The smallest absolute Gasteiger partial charge is 0.306 e. The van der Waals surface area contributed by atoms with Gasteiger partial charge in [-0.3, -0.25) is 14.4 Å². The van der Waals surface area contributed by atoms with E-state index in [2.05, 4.69) is 106 Å². The van der Waals surface area contributed by atoms with Gasteiger partial charge in [-0.1, -0.05) is 318 Å². The van der Waals surface area contributed by atoms with E-state index in [1.807, 2.05) is 0 Å². The highest BCUT2D eigenvalue weighted by Crippen LogP contribution is 2.17. The number of carbonyl (C=O) groups excluding carboxylic acids is 3. The van der Waals surface area contributed by atoms with Crippen molar-refractivity contribution in [3.8, 4) is 0 Å². The monoisotopic (exact) mass is 1070 g/mol. The first-order valence-electron chi connectivity index (χ1n) is 33.1. The third kappa shape index (κ3) is 63.3. The zero-order chi connectivity index (χ0) is 55.7. The van der Waals surface area contributed by atoms with Gasteiger partial charge in [-0.2, -0.15) is 0 Å². The maximum Gasteiger partial charge on any atom is 0.306 e. The third-order valence-electron chi connectivity index (χ3n) is 14.4. The number of hydrogen-bond donors (Lipinski definition) is 0. The van der Waals surface area contributed by atoms with Gasteiger partial charge in [0.15, 0.2) is 6.10 Å². The molecule has 1 unspecified atom stereocenters. The Kier molecular flexibility index (Phi) is 62.2. The van der Waals surface area contributed by atoms with Crippen molar-refractivity contribution in [2.45, 2.75) is 335 Å². The van der Waals surface area contributed by atoms with E-state index in [1.54, 1.807) is 0 Å². The highest BCUT2D eigenvalue weighted by molar-refractivity contribution is 5.71. The number of ether oxygens (including phenoxy) is 3. The zero-order valence-electron chi connectivity index (χ0n) is 51.0. The van der Waals surface area contributed by atoms with Crippen LogP contribution < -0.4 is 0 Å². The second-order valence-corrected chi connectivity index (χ2v) is 22.0. The molecule has 0 aromatic heterocycles. The normalized spacial score (nSPS) is 12.6. The molecule has 1 atom stereocenters. The third-order valence-corrected chi connectivity index (χ3v) is 14.4. The SMILES string of the molecule is CC/C=C\C/C=C\C/C=C\C/C=C\C/C=C\C/C=C\C/C=C\CCCCCC(=O)OC(COC(=O)CCCCCCCCCC)COC(=O)CCCCCCCCCCCCCCCCCCCCCCCCCCCC. The summed E-state index contributed by atoms with van der Waals surface area (Å²) in [5, 5.41) is 0. The molecule has 0 N–H and O–H groups in total. The van der Waals surface area contributed by atoms with E-state index in [1.165, 1.54) is 180 Å². The summed E-state index contributed by atoms with van der Waals surface area (Å²) in [6, 6.07) is 0. The first-order chi connectivity index (χ1) is 38.0. The number of carbonyl (C=O) groups is 3. The first kappa shape index (κ1) is 73.6. The Balaban J connectivity index is 4.20. The quantitative estimate of drug-likeness (QED) is 0.0261. The summed E-state index contributed by atoms with van der Waals surface area (Å²) in [7, 11) is 0. The summed E-state index contributed by atoms with van der Waals surface area (Å²) in [6.07, 6.45) is 86.2. The molecule has 0 aromatic carbocycles. The van der Waals surface area contributed by atoms with Gasteiger partial charge in [0, 0.05) is 19.3 Å². The molecule has 0 spiro atoms. The van der Waals surface area contributed by atoms with Gasteiger partial charge in [-0.15, -0.1) is 0 Å². The Morgan fingerprint density at radius 1 is 0.273 bits per heavy atom. The van der Waals surface area contributed by atoms with E-state index in [0.717, 1.165) is 109 Å². The molecule has 444 valence electrons. The molecule has 6 heteroatoms. The van der Waals surface area contributed by atoms with Crippen molar-refractivity contribution in [1.82, 2.24) is 0 Å². The second-order valence-electron chi connectivity index (χ2n) is 22.0. The van der Waals surface area contributed by atoms with Gasteiger partial charge < -0.3 is 14.2 Å². The minimum absolute atomic E-state index is 0.0867. The molecule has 0 bridgehead atoms. The lowest BCUT2D eigenvalue weighted by molar-refractivity contribution is -0.167. The number of rotatable bonds is 60. The average molecular weight is 1070 g/mol. The van der Waals surface area contributed by atoms with Crippen molar-refractivity contribution in [2.75, 3.05) is 13.2 Å². The van der Waals surface area contributed by atoms with Gasteiger partial charge in [-0.05, 0) is 77.0 Å². The van der Waals surface area contributed by atoms with Crippen molar-refractivity contribution < 1.29 is 28.6 Å². The first-order valence-corrected chi connectivity index (χ1v) is 33.1. The topological polar surface area (TPSA) is 78.9 Å². The van der Waals surface area contributed by atoms with E-state index < -0.39 is 6.10 Å². The fourth-order valence-electron chi connectivity index (χ4n) is 9.48.